The van der Waals surface area contributed by atoms with Crippen LogP contribution in [-0.4, -0.2) is 49.7 Å². The summed E-state index contributed by atoms with van der Waals surface area (Å²) >= 11 is 0. The number of piperidine rings is 1. The number of hydrogen-bond acceptors (Lipinski definition) is 5. The van der Waals surface area contributed by atoms with Gasteiger partial charge in [-0.25, -0.2) is 15.1 Å². The maximum Gasteiger partial charge on any atom is 0.343 e. The van der Waals surface area contributed by atoms with Crippen molar-refractivity contribution in [3.8, 4) is 11.1 Å². The van der Waals surface area contributed by atoms with Gasteiger partial charge in [-0.15, -0.1) is 0 Å². The molecule has 1 aliphatic heterocycles. The predicted octanol–water partition coefficient (Wildman–Crippen LogP) is 5.63. The highest BCUT2D eigenvalue weighted by atomic mass is 16.7. The fourth-order valence-electron chi connectivity index (χ4n) is 3.99. The van der Waals surface area contributed by atoms with E-state index in [9.17, 15) is 9.59 Å². The third kappa shape index (κ3) is 8.15. The number of rotatable bonds is 11. The quantitative estimate of drug-likeness (QED) is 0.254. The molecule has 2 aromatic rings. The highest BCUT2D eigenvalue weighted by molar-refractivity contribution is 5.98. The standard InChI is InChI=1S/C27H37N3O4/c1-3-4-5-6-10-19-33-26(31)22-13-14-24(21-11-8-7-9-12-21)25(20-22)28-27(32)29-34-23-15-17-30(2)18-16-23/h7-9,11-14,20,23H,3-6,10,15-19H2,1-2H3,(H2,28,29,32). The van der Waals surface area contributed by atoms with E-state index in [-0.39, 0.29) is 12.1 Å². The van der Waals surface area contributed by atoms with Crippen LogP contribution in [0.5, 0.6) is 0 Å². The van der Waals surface area contributed by atoms with Gasteiger partial charge in [0.2, 0.25) is 0 Å². The van der Waals surface area contributed by atoms with Gasteiger partial charge in [-0.3, -0.25) is 4.84 Å². The van der Waals surface area contributed by atoms with E-state index in [1.807, 2.05) is 36.4 Å². The number of hydrogen-bond donors (Lipinski definition) is 2. The van der Waals surface area contributed by atoms with Gasteiger partial charge in [-0.2, -0.15) is 0 Å². The molecule has 0 bridgehead atoms. The summed E-state index contributed by atoms with van der Waals surface area (Å²) < 4.78 is 5.45. The number of benzene rings is 2. The first kappa shape index (κ1) is 25.7. The summed E-state index contributed by atoms with van der Waals surface area (Å²) in [7, 11) is 2.08. The number of nitrogens with zero attached hydrogens (tertiary/aromatic N) is 1. The molecule has 1 fully saturated rings. The SMILES string of the molecule is CCCCCCCOC(=O)c1ccc(-c2ccccc2)c(NC(=O)NOC2CCN(C)CC2)c1. The van der Waals surface area contributed by atoms with Crippen molar-refractivity contribution in [3.05, 3.63) is 54.1 Å². The van der Waals surface area contributed by atoms with Gasteiger partial charge in [0.15, 0.2) is 0 Å². The van der Waals surface area contributed by atoms with Crippen molar-refractivity contribution < 1.29 is 19.2 Å². The minimum Gasteiger partial charge on any atom is -0.462 e. The zero-order valence-corrected chi connectivity index (χ0v) is 20.3. The molecule has 7 heteroatoms. The topological polar surface area (TPSA) is 79.9 Å². The Balaban J connectivity index is 1.63. The van der Waals surface area contributed by atoms with Crippen LogP contribution in [0.3, 0.4) is 0 Å². The molecule has 2 N–H and O–H groups in total. The van der Waals surface area contributed by atoms with Crippen LogP contribution in [0.15, 0.2) is 48.5 Å². The van der Waals surface area contributed by atoms with Crippen LogP contribution in [0, 0.1) is 0 Å². The molecule has 1 heterocycles. The largest absolute Gasteiger partial charge is 0.462 e. The van der Waals surface area contributed by atoms with E-state index in [1.54, 1.807) is 12.1 Å². The molecule has 2 amide bonds. The molecule has 2 aromatic carbocycles. The highest BCUT2D eigenvalue weighted by Crippen LogP contribution is 2.29. The number of likely N-dealkylation sites (tertiary alicyclic amines) is 1. The van der Waals surface area contributed by atoms with Crippen LogP contribution in [-0.2, 0) is 9.57 Å². The van der Waals surface area contributed by atoms with Crippen molar-refractivity contribution in [2.75, 3.05) is 32.1 Å². The van der Waals surface area contributed by atoms with Gasteiger partial charge in [-0.1, -0.05) is 69.0 Å². The zero-order valence-electron chi connectivity index (χ0n) is 20.3. The first-order chi connectivity index (χ1) is 16.6. The number of nitrogens with one attached hydrogen (secondary N) is 2. The molecule has 0 spiro atoms. The van der Waals surface area contributed by atoms with Gasteiger partial charge in [-0.05, 0) is 44.0 Å². The van der Waals surface area contributed by atoms with Crippen LogP contribution in [0.2, 0.25) is 0 Å². The second-order valence-corrected chi connectivity index (χ2v) is 8.85. The van der Waals surface area contributed by atoms with Gasteiger partial charge < -0.3 is 15.0 Å². The Labute approximate surface area is 202 Å². The maximum atomic E-state index is 12.6. The first-order valence-electron chi connectivity index (χ1n) is 12.3. The Hall–Kier alpha value is -2.90. The fraction of sp³-hybridized carbons (Fsp3) is 0.481. The van der Waals surface area contributed by atoms with Crippen LogP contribution >= 0.6 is 0 Å². The molecule has 7 nitrogen and oxygen atoms in total. The molecule has 0 aromatic heterocycles. The van der Waals surface area contributed by atoms with Crippen LogP contribution in [0.1, 0.15) is 62.2 Å². The maximum absolute atomic E-state index is 12.6. The lowest BCUT2D eigenvalue weighted by Gasteiger charge is -2.28. The van der Waals surface area contributed by atoms with Crippen molar-refractivity contribution >= 4 is 17.7 Å². The first-order valence-corrected chi connectivity index (χ1v) is 12.3. The number of anilines is 1. The monoisotopic (exact) mass is 467 g/mol. The van der Waals surface area contributed by atoms with Crippen molar-refractivity contribution in [2.45, 2.75) is 58.0 Å². The molecule has 0 saturated carbocycles. The molecule has 0 radical (unpaired) electrons. The van der Waals surface area contributed by atoms with Gasteiger partial charge in [0, 0.05) is 18.7 Å². The average Bonchev–Trinajstić information content (AvgIpc) is 2.86. The minimum atomic E-state index is -0.474. The number of esters is 1. The lowest BCUT2D eigenvalue weighted by Crippen LogP contribution is -2.39. The van der Waals surface area contributed by atoms with Crippen LogP contribution < -0.4 is 10.8 Å². The fourth-order valence-corrected chi connectivity index (χ4v) is 3.99. The van der Waals surface area contributed by atoms with Crippen molar-refractivity contribution in [2.24, 2.45) is 0 Å². The Kier molecular flexibility index (Phi) is 10.4. The van der Waals surface area contributed by atoms with Gasteiger partial charge >= 0.3 is 12.0 Å². The lowest BCUT2D eigenvalue weighted by atomic mass is 10.0. The molecule has 3 rings (SSSR count). The molecule has 1 saturated heterocycles. The molecule has 1 aliphatic rings. The van der Waals surface area contributed by atoms with Gasteiger partial charge in [0.05, 0.1) is 24.0 Å². The number of amides is 2. The van der Waals surface area contributed by atoms with Crippen molar-refractivity contribution in [1.29, 1.82) is 0 Å². The summed E-state index contributed by atoms with van der Waals surface area (Å²) in [5, 5.41) is 2.85. The molecule has 184 valence electrons. The summed E-state index contributed by atoms with van der Waals surface area (Å²) in [6.07, 6.45) is 7.18. The number of ether oxygens (including phenoxy) is 1. The summed E-state index contributed by atoms with van der Waals surface area (Å²) in [5.74, 6) is -0.388. The smallest absolute Gasteiger partial charge is 0.343 e. The summed E-state index contributed by atoms with van der Waals surface area (Å²) in [6.45, 7) is 4.45. The molecule has 0 atom stereocenters. The number of urea groups is 1. The van der Waals surface area contributed by atoms with E-state index in [1.165, 1.54) is 12.8 Å². The Morgan fingerprint density at radius 3 is 2.47 bits per heavy atom. The van der Waals surface area contributed by atoms with Crippen LogP contribution in [0.4, 0.5) is 10.5 Å². The molecular formula is C27H37N3O4. The average molecular weight is 468 g/mol. The zero-order chi connectivity index (χ0) is 24.2. The van der Waals surface area contributed by atoms with E-state index in [0.29, 0.717) is 17.9 Å². The van der Waals surface area contributed by atoms with E-state index in [4.69, 9.17) is 9.57 Å². The third-order valence-electron chi connectivity index (χ3n) is 6.05. The van der Waals surface area contributed by atoms with Gasteiger partial charge in [0.25, 0.3) is 0 Å². The van der Waals surface area contributed by atoms with E-state index >= 15 is 0 Å². The number of unbranched alkanes of at least 4 members (excludes halogenated alkanes) is 4. The number of hydroxylamine groups is 1. The summed E-state index contributed by atoms with van der Waals surface area (Å²) in [5.41, 5.74) is 5.19. The van der Waals surface area contributed by atoms with E-state index in [0.717, 1.165) is 56.3 Å². The van der Waals surface area contributed by atoms with E-state index < -0.39 is 6.03 Å². The van der Waals surface area contributed by atoms with Gasteiger partial charge in [0.1, 0.15) is 0 Å². The minimum absolute atomic E-state index is 0.00539. The van der Waals surface area contributed by atoms with E-state index in [2.05, 4.69) is 29.7 Å². The normalized spacial score (nSPS) is 14.5. The highest BCUT2D eigenvalue weighted by Gasteiger charge is 2.19. The summed E-state index contributed by atoms with van der Waals surface area (Å²) in [4.78, 5) is 33.0. The number of carbonyl (C=O) groups excluding carboxylic acids is 2. The number of carbonyl (C=O) groups is 2. The lowest BCUT2D eigenvalue weighted by molar-refractivity contribution is -0.0305. The Morgan fingerprint density at radius 1 is 1.00 bits per heavy atom. The second-order valence-electron chi connectivity index (χ2n) is 8.85. The van der Waals surface area contributed by atoms with Crippen molar-refractivity contribution in [3.63, 3.8) is 0 Å². The summed E-state index contributed by atoms with van der Waals surface area (Å²) in [6, 6.07) is 14.5. The molecular weight excluding hydrogens is 430 g/mol. The van der Waals surface area contributed by atoms with Crippen LogP contribution in [0.25, 0.3) is 11.1 Å². The predicted molar refractivity (Wildman–Crippen MR) is 135 cm³/mol. The third-order valence-corrected chi connectivity index (χ3v) is 6.05. The Morgan fingerprint density at radius 2 is 1.74 bits per heavy atom. The molecule has 34 heavy (non-hydrogen) atoms. The van der Waals surface area contributed by atoms with Crippen molar-refractivity contribution in [1.82, 2.24) is 10.4 Å². The second kappa shape index (κ2) is 13.7. The molecule has 0 unspecified atom stereocenters. The molecule has 0 aliphatic carbocycles. The Bertz CT molecular complexity index is 911.